The van der Waals surface area contributed by atoms with E-state index in [0.29, 0.717) is 12.1 Å². The number of carbonyl (C=O) groups excluding carboxylic acids is 1. The molecule has 1 N–H and O–H groups in total. The summed E-state index contributed by atoms with van der Waals surface area (Å²) in [5.41, 5.74) is 0.711. The molecule has 0 spiro atoms. The first-order valence-corrected chi connectivity index (χ1v) is 6.00. The van der Waals surface area contributed by atoms with Crippen LogP contribution in [0.15, 0.2) is 18.2 Å². The fraction of sp³-hybridized carbons (Fsp3) is 0.417. The van der Waals surface area contributed by atoms with Gasteiger partial charge in [-0.1, -0.05) is 17.7 Å². The number of carbonyl (C=O) groups is 1. The molecule has 0 aromatic heterocycles. The number of cyclic esters (lactones) is 1. The van der Waals surface area contributed by atoms with E-state index in [-0.39, 0.29) is 11.6 Å². The zero-order valence-corrected chi connectivity index (χ0v) is 10.5. The number of esters is 1. The summed E-state index contributed by atoms with van der Waals surface area (Å²) in [6.45, 7) is 0.427. The number of alkyl halides is 2. The van der Waals surface area contributed by atoms with Crippen LogP contribution in [0.25, 0.3) is 0 Å². The molecule has 0 saturated carbocycles. The Bertz CT molecular complexity index is 496. The minimum absolute atomic E-state index is 0.00173. The van der Waals surface area contributed by atoms with Crippen LogP contribution in [-0.2, 0) is 16.1 Å². The molecule has 0 aliphatic carbocycles. The quantitative estimate of drug-likeness (QED) is 0.867. The smallest absolute Gasteiger partial charge is 0.377 e. The van der Waals surface area contributed by atoms with Crippen LogP contribution in [0.2, 0.25) is 5.02 Å². The predicted molar refractivity (Wildman–Crippen MR) is 62.6 cm³/mol. The Kier molecular flexibility index (Phi) is 4.01. The van der Waals surface area contributed by atoms with Crippen molar-refractivity contribution in [2.45, 2.75) is 25.0 Å². The highest BCUT2D eigenvalue weighted by molar-refractivity contribution is 6.30. The molecule has 1 fully saturated rings. The molecular weight excluding hydrogens is 283 g/mol. The van der Waals surface area contributed by atoms with Crippen LogP contribution in [0.3, 0.4) is 0 Å². The van der Waals surface area contributed by atoms with Gasteiger partial charge < -0.3 is 10.1 Å². The summed E-state index contributed by atoms with van der Waals surface area (Å²) in [6, 6.07) is 4.20. The fourth-order valence-electron chi connectivity index (χ4n) is 1.79. The largest absolute Gasteiger partial charge is 0.456 e. The first-order chi connectivity index (χ1) is 8.88. The van der Waals surface area contributed by atoms with Crippen LogP contribution in [0.4, 0.5) is 13.2 Å². The van der Waals surface area contributed by atoms with Crippen LogP contribution in [0, 0.1) is 5.82 Å². The van der Waals surface area contributed by atoms with E-state index >= 15 is 0 Å². The van der Waals surface area contributed by atoms with Gasteiger partial charge >= 0.3 is 11.9 Å². The van der Waals surface area contributed by atoms with Crippen molar-refractivity contribution in [2.75, 3.05) is 6.54 Å². The lowest BCUT2D eigenvalue weighted by molar-refractivity contribution is -0.159. The number of hydrogen-bond donors (Lipinski definition) is 1. The van der Waals surface area contributed by atoms with Gasteiger partial charge in [-0.2, -0.15) is 8.78 Å². The topological polar surface area (TPSA) is 38.3 Å². The third-order valence-electron chi connectivity index (χ3n) is 2.74. The van der Waals surface area contributed by atoms with Crippen molar-refractivity contribution < 1.29 is 22.7 Å². The number of rotatable bonds is 4. The van der Waals surface area contributed by atoms with Crippen molar-refractivity contribution in [1.82, 2.24) is 5.32 Å². The molecule has 1 heterocycles. The van der Waals surface area contributed by atoms with Crippen molar-refractivity contribution in [3.8, 4) is 0 Å². The number of benzene rings is 1. The Balaban J connectivity index is 1.81. The third-order valence-corrected chi connectivity index (χ3v) is 3.03. The molecule has 0 bridgehead atoms. The Morgan fingerprint density at radius 3 is 2.79 bits per heavy atom. The van der Waals surface area contributed by atoms with E-state index in [0.717, 1.165) is 0 Å². The minimum atomic E-state index is -3.40. The molecule has 1 aromatic carbocycles. The van der Waals surface area contributed by atoms with Crippen molar-refractivity contribution in [2.24, 2.45) is 0 Å². The average molecular weight is 294 g/mol. The van der Waals surface area contributed by atoms with Gasteiger partial charge in [-0.05, 0) is 17.7 Å². The van der Waals surface area contributed by atoms with E-state index in [1.807, 2.05) is 0 Å². The van der Waals surface area contributed by atoms with Gasteiger partial charge in [0.1, 0.15) is 11.9 Å². The van der Waals surface area contributed by atoms with E-state index in [4.69, 9.17) is 11.6 Å². The zero-order chi connectivity index (χ0) is 14.0. The maximum absolute atomic E-state index is 12.9. The summed E-state index contributed by atoms with van der Waals surface area (Å²) < 4.78 is 43.2. The van der Waals surface area contributed by atoms with E-state index in [1.54, 1.807) is 0 Å². The van der Waals surface area contributed by atoms with Gasteiger partial charge in [-0.25, -0.2) is 9.18 Å². The van der Waals surface area contributed by atoms with Gasteiger partial charge in [-0.3, -0.25) is 0 Å². The molecule has 1 atom stereocenters. The van der Waals surface area contributed by atoms with Crippen molar-refractivity contribution in [1.29, 1.82) is 0 Å². The van der Waals surface area contributed by atoms with E-state index in [1.165, 1.54) is 18.2 Å². The van der Waals surface area contributed by atoms with E-state index < -0.39 is 30.2 Å². The highest BCUT2D eigenvalue weighted by Gasteiger charge is 2.50. The second-order valence-electron chi connectivity index (χ2n) is 4.32. The molecule has 1 aromatic rings. The molecule has 1 aliphatic heterocycles. The van der Waals surface area contributed by atoms with Crippen LogP contribution >= 0.6 is 11.6 Å². The molecule has 1 aliphatic rings. The summed E-state index contributed by atoms with van der Waals surface area (Å²) in [5.74, 6) is -5.40. The summed E-state index contributed by atoms with van der Waals surface area (Å²) in [5, 5.41) is 2.86. The first kappa shape index (κ1) is 14.1. The van der Waals surface area contributed by atoms with E-state index in [9.17, 15) is 18.0 Å². The van der Waals surface area contributed by atoms with Gasteiger partial charge in [0.15, 0.2) is 0 Å². The zero-order valence-electron chi connectivity index (χ0n) is 9.76. The van der Waals surface area contributed by atoms with E-state index in [2.05, 4.69) is 10.1 Å². The number of halogens is 4. The van der Waals surface area contributed by atoms with Gasteiger partial charge in [0.05, 0.1) is 11.4 Å². The maximum atomic E-state index is 12.9. The Hall–Kier alpha value is -1.27. The van der Waals surface area contributed by atoms with Gasteiger partial charge in [0.2, 0.25) is 0 Å². The molecule has 1 saturated heterocycles. The molecule has 3 nitrogen and oxygen atoms in total. The minimum Gasteiger partial charge on any atom is -0.456 e. The first-order valence-electron chi connectivity index (χ1n) is 5.62. The lowest BCUT2D eigenvalue weighted by Crippen LogP contribution is -2.26. The average Bonchev–Trinajstić information content (AvgIpc) is 2.58. The molecule has 19 heavy (non-hydrogen) atoms. The van der Waals surface area contributed by atoms with Crippen LogP contribution in [-0.4, -0.2) is 24.5 Å². The van der Waals surface area contributed by atoms with Crippen LogP contribution in [0.1, 0.15) is 12.0 Å². The summed E-state index contributed by atoms with van der Waals surface area (Å²) in [7, 11) is 0. The Morgan fingerprint density at radius 2 is 2.21 bits per heavy atom. The van der Waals surface area contributed by atoms with Crippen molar-refractivity contribution in [3.63, 3.8) is 0 Å². The molecule has 7 heteroatoms. The second kappa shape index (κ2) is 5.38. The molecule has 1 unspecified atom stereocenters. The lowest BCUT2D eigenvalue weighted by Gasteiger charge is -2.10. The fourth-order valence-corrected chi connectivity index (χ4v) is 1.99. The summed E-state index contributed by atoms with van der Waals surface area (Å²) in [6.07, 6.45) is -1.47. The Labute approximate surface area is 112 Å². The van der Waals surface area contributed by atoms with Gasteiger partial charge in [0, 0.05) is 13.1 Å². The monoisotopic (exact) mass is 293 g/mol. The standard InChI is InChI=1S/C12H11ClF3NO2/c13-9-3-7(1-2-10(9)14)5-17-6-8-4-12(15,16)11(18)19-8/h1-3,8,17H,4-6H2. The lowest BCUT2D eigenvalue weighted by atomic mass is 10.2. The predicted octanol–water partition coefficient (Wildman–Crippen LogP) is 2.52. The second-order valence-corrected chi connectivity index (χ2v) is 4.72. The number of ether oxygens (including phenoxy) is 1. The number of hydrogen-bond acceptors (Lipinski definition) is 3. The summed E-state index contributed by atoms with van der Waals surface area (Å²) >= 11 is 5.61. The molecule has 0 amide bonds. The van der Waals surface area contributed by atoms with Crippen LogP contribution < -0.4 is 5.32 Å². The molecule has 0 radical (unpaired) electrons. The normalized spacial score (nSPS) is 21.5. The molecule has 2 rings (SSSR count). The molecule has 104 valence electrons. The number of nitrogens with one attached hydrogen (secondary N) is 1. The Morgan fingerprint density at radius 1 is 1.47 bits per heavy atom. The van der Waals surface area contributed by atoms with Crippen molar-refractivity contribution >= 4 is 17.6 Å². The molecular formula is C12H11ClF3NO2. The highest BCUT2D eigenvalue weighted by atomic mass is 35.5. The van der Waals surface area contributed by atoms with Gasteiger partial charge in [0.25, 0.3) is 0 Å². The maximum Gasteiger partial charge on any atom is 0.377 e. The highest BCUT2D eigenvalue weighted by Crippen LogP contribution is 2.30. The third kappa shape index (κ3) is 3.39. The summed E-state index contributed by atoms with van der Waals surface area (Å²) in [4.78, 5) is 10.8. The van der Waals surface area contributed by atoms with Gasteiger partial charge in [-0.15, -0.1) is 0 Å². The SMILES string of the molecule is O=C1OC(CNCc2ccc(F)c(Cl)c2)CC1(F)F. The van der Waals surface area contributed by atoms with Crippen LogP contribution in [0.5, 0.6) is 0 Å². The van der Waals surface area contributed by atoms with Crippen molar-refractivity contribution in [3.05, 3.63) is 34.6 Å².